The number of methoxy groups -OCH3 is 1. The lowest BCUT2D eigenvalue weighted by atomic mass is 10.1. The van der Waals surface area contributed by atoms with E-state index in [1.807, 2.05) is 32.9 Å². The van der Waals surface area contributed by atoms with Gasteiger partial charge in [-0.05, 0) is 61.7 Å². The zero-order chi connectivity index (χ0) is 22.7. The minimum absolute atomic E-state index is 0.125. The number of hydrogen-bond donors (Lipinski definition) is 1. The van der Waals surface area contributed by atoms with Crippen molar-refractivity contribution in [3.05, 3.63) is 58.1 Å². The number of amides is 4. The molecule has 1 heterocycles. The molecular formula is C23H23ClN2O5. The molecule has 4 amide bonds. The van der Waals surface area contributed by atoms with E-state index in [-0.39, 0.29) is 16.7 Å². The van der Waals surface area contributed by atoms with Gasteiger partial charge < -0.3 is 9.47 Å². The van der Waals surface area contributed by atoms with Gasteiger partial charge >= 0.3 is 6.03 Å². The molecule has 1 fully saturated rings. The Morgan fingerprint density at radius 3 is 2.39 bits per heavy atom. The summed E-state index contributed by atoms with van der Waals surface area (Å²) in [6, 6.07) is 9.36. The SMILES string of the molecule is CCc1ccc(N2C(=O)NC(=O)/C(=C\c3cc(Cl)c(OC(C)C)c(OC)c3)C2=O)cc1. The van der Waals surface area contributed by atoms with Crippen molar-refractivity contribution >= 4 is 41.2 Å². The van der Waals surface area contributed by atoms with Gasteiger partial charge in [0.2, 0.25) is 0 Å². The molecule has 1 N–H and O–H groups in total. The van der Waals surface area contributed by atoms with E-state index < -0.39 is 17.8 Å². The van der Waals surface area contributed by atoms with Crippen molar-refractivity contribution < 1.29 is 23.9 Å². The first-order valence-corrected chi connectivity index (χ1v) is 10.2. The van der Waals surface area contributed by atoms with Crippen LogP contribution in [0.25, 0.3) is 6.08 Å². The van der Waals surface area contributed by atoms with Crippen molar-refractivity contribution in [2.45, 2.75) is 33.3 Å². The number of benzene rings is 2. The van der Waals surface area contributed by atoms with Crippen molar-refractivity contribution in [2.24, 2.45) is 0 Å². The van der Waals surface area contributed by atoms with Gasteiger partial charge in [-0.15, -0.1) is 0 Å². The predicted molar refractivity (Wildman–Crippen MR) is 119 cm³/mol. The smallest absolute Gasteiger partial charge is 0.335 e. The summed E-state index contributed by atoms with van der Waals surface area (Å²) in [7, 11) is 1.47. The molecule has 2 aromatic carbocycles. The summed E-state index contributed by atoms with van der Waals surface area (Å²) in [5, 5.41) is 2.48. The highest BCUT2D eigenvalue weighted by Crippen LogP contribution is 2.38. The van der Waals surface area contributed by atoms with Gasteiger partial charge in [-0.2, -0.15) is 0 Å². The zero-order valence-corrected chi connectivity index (χ0v) is 18.4. The van der Waals surface area contributed by atoms with Gasteiger partial charge in [0.25, 0.3) is 11.8 Å². The molecule has 0 bridgehead atoms. The predicted octanol–water partition coefficient (Wildman–Crippen LogP) is 4.36. The van der Waals surface area contributed by atoms with Gasteiger partial charge in [-0.1, -0.05) is 30.7 Å². The summed E-state index contributed by atoms with van der Waals surface area (Å²) in [6.07, 6.45) is 2.06. The Kier molecular flexibility index (Phi) is 6.65. The number of hydrogen-bond acceptors (Lipinski definition) is 5. The molecule has 1 aliphatic heterocycles. The van der Waals surface area contributed by atoms with Crippen LogP contribution in [0, 0.1) is 0 Å². The van der Waals surface area contributed by atoms with Gasteiger partial charge in [-0.25, -0.2) is 9.69 Å². The highest BCUT2D eigenvalue weighted by atomic mass is 35.5. The quantitative estimate of drug-likeness (QED) is 0.530. The van der Waals surface area contributed by atoms with Crippen LogP contribution >= 0.6 is 11.6 Å². The number of aryl methyl sites for hydroxylation is 1. The van der Waals surface area contributed by atoms with Crippen molar-refractivity contribution in [3.8, 4) is 11.5 Å². The monoisotopic (exact) mass is 442 g/mol. The van der Waals surface area contributed by atoms with Crippen LogP contribution in [-0.4, -0.2) is 31.1 Å². The molecular weight excluding hydrogens is 420 g/mol. The fourth-order valence-electron chi connectivity index (χ4n) is 3.11. The minimum atomic E-state index is -0.798. The van der Waals surface area contributed by atoms with Crippen LogP contribution in [0.4, 0.5) is 10.5 Å². The number of carbonyl (C=O) groups is 3. The largest absolute Gasteiger partial charge is 0.493 e. The van der Waals surface area contributed by atoms with Crippen LogP contribution in [0.3, 0.4) is 0 Å². The van der Waals surface area contributed by atoms with E-state index in [9.17, 15) is 14.4 Å². The summed E-state index contributed by atoms with van der Waals surface area (Å²) in [5.74, 6) is -0.780. The van der Waals surface area contributed by atoms with Gasteiger partial charge in [0.15, 0.2) is 11.5 Å². The summed E-state index contributed by atoms with van der Waals surface area (Å²) < 4.78 is 11.0. The maximum absolute atomic E-state index is 13.0. The Hall–Kier alpha value is -3.32. The maximum Gasteiger partial charge on any atom is 0.335 e. The highest BCUT2D eigenvalue weighted by Gasteiger charge is 2.36. The second kappa shape index (κ2) is 9.22. The molecule has 0 radical (unpaired) electrons. The highest BCUT2D eigenvalue weighted by molar-refractivity contribution is 6.39. The molecule has 8 heteroatoms. The zero-order valence-electron chi connectivity index (χ0n) is 17.7. The van der Waals surface area contributed by atoms with Crippen LogP contribution in [0.1, 0.15) is 31.9 Å². The second-order valence-electron chi connectivity index (χ2n) is 7.18. The van der Waals surface area contributed by atoms with E-state index in [1.165, 1.54) is 13.2 Å². The number of anilines is 1. The fraction of sp³-hybridized carbons (Fsp3) is 0.261. The molecule has 0 atom stereocenters. The van der Waals surface area contributed by atoms with Crippen LogP contribution in [-0.2, 0) is 16.0 Å². The molecule has 2 aromatic rings. The van der Waals surface area contributed by atoms with E-state index in [2.05, 4.69) is 5.32 Å². The Labute approximate surface area is 185 Å². The average Bonchev–Trinajstić information content (AvgIpc) is 2.72. The third-order valence-electron chi connectivity index (χ3n) is 4.62. The first kappa shape index (κ1) is 22.4. The molecule has 1 saturated heterocycles. The molecule has 0 aliphatic carbocycles. The number of nitrogens with zero attached hydrogens (tertiary/aromatic N) is 1. The molecule has 0 saturated carbocycles. The molecule has 0 unspecified atom stereocenters. The van der Waals surface area contributed by atoms with Gasteiger partial charge in [-0.3, -0.25) is 14.9 Å². The van der Waals surface area contributed by atoms with Gasteiger partial charge in [0.05, 0.1) is 23.9 Å². The van der Waals surface area contributed by atoms with E-state index in [1.54, 1.807) is 24.3 Å². The van der Waals surface area contributed by atoms with Crippen LogP contribution in [0.5, 0.6) is 11.5 Å². The van der Waals surface area contributed by atoms with E-state index in [0.717, 1.165) is 16.9 Å². The standard InChI is InChI=1S/C23H23ClN2O5/c1-5-14-6-8-16(9-7-14)26-22(28)17(21(27)25-23(26)29)10-15-11-18(24)20(31-13(2)3)19(12-15)30-4/h6-13H,5H2,1-4H3,(H,25,27,29)/b17-10+. The lowest BCUT2D eigenvalue weighted by Crippen LogP contribution is -2.54. The molecule has 31 heavy (non-hydrogen) atoms. The Balaban J connectivity index is 2.00. The molecule has 3 rings (SSSR count). The number of nitrogens with one attached hydrogen (secondary N) is 1. The molecule has 7 nitrogen and oxygen atoms in total. The number of halogens is 1. The number of barbiturate groups is 1. The van der Waals surface area contributed by atoms with Crippen molar-refractivity contribution in [3.63, 3.8) is 0 Å². The second-order valence-corrected chi connectivity index (χ2v) is 7.59. The third kappa shape index (κ3) is 4.72. The minimum Gasteiger partial charge on any atom is -0.493 e. The van der Waals surface area contributed by atoms with Crippen LogP contribution < -0.4 is 19.7 Å². The third-order valence-corrected chi connectivity index (χ3v) is 4.90. The molecule has 0 spiro atoms. The normalized spacial score (nSPS) is 15.5. The van der Waals surface area contributed by atoms with Gasteiger partial charge in [0.1, 0.15) is 5.57 Å². The maximum atomic E-state index is 13.0. The van der Waals surface area contributed by atoms with Gasteiger partial charge in [0, 0.05) is 0 Å². The summed E-state index contributed by atoms with van der Waals surface area (Å²) in [6.45, 7) is 5.72. The van der Waals surface area contributed by atoms with E-state index in [4.69, 9.17) is 21.1 Å². The Bertz CT molecular complexity index is 1060. The van der Waals surface area contributed by atoms with Crippen molar-refractivity contribution in [1.82, 2.24) is 5.32 Å². The molecule has 162 valence electrons. The number of carbonyl (C=O) groups excluding carboxylic acids is 3. The lowest BCUT2D eigenvalue weighted by Gasteiger charge is -2.26. The van der Waals surface area contributed by atoms with Crippen LogP contribution in [0.2, 0.25) is 5.02 Å². The number of rotatable bonds is 6. The topological polar surface area (TPSA) is 84.9 Å². The fourth-order valence-corrected chi connectivity index (χ4v) is 3.38. The lowest BCUT2D eigenvalue weighted by molar-refractivity contribution is -0.122. The van der Waals surface area contributed by atoms with E-state index in [0.29, 0.717) is 22.7 Å². The van der Waals surface area contributed by atoms with Crippen molar-refractivity contribution in [2.75, 3.05) is 12.0 Å². The number of ether oxygens (including phenoxy) is 2. The Morgan fingerprint density at radius 2 is 1.81 bits per heavy atom. The first-order valence-electron chi connectivity index (χ1n) is 9.79. The van der Waals surface area contributed by atoms with Crippen LogP contribution in [0.15, 0.2) is 42.0 Å². The number of imide groups is 2. The van der Waals surface area contributed by atoms with Crippen molar-refractivity contribution in [1.29, 1.82) is 0 Å². The summed E-state index contributed by atoms with van der Waals surface area (Å²) in [5.41, 5.74) is 1.68. The Morgan fingerprint density at radius 1 is 1.13 bits per heavy atom. The van der Waals surface area contributed by atoms with E-state index >= 15 is 0 Å². The molecule has 0 aromatic heterocycles. The first-order chi connectivity index (χ1) is 14.7. The summed E-state index contributed by atoms with van der Waals surface area (Å²) >= 11 is 6.34. The average molecular weight is 443 g/mol. The molecule has 1 aliphatic rings. The number of urea groups is 1. The summed E-state index contributed by atoms with van der Waals surface area (Å²) in [4.78, 5) is 38.7.